The average Bonchev–Trinajstić information content (AvgIpc) is 2.64. The van der Waals surface area contributed by atoms with Gasteiger partial charge in [-0.2, -0.15) is 0 Å². The lowest BCUT2D eigenvalue weighted by atomic mass is 10.2. The fourth-order valence-electron chi connectivity index (χ4n) is 2.29. The van der Waals surface area contributed by atoms with Crippen LogP contribution >= 0.6 is 0 Å². The summed E-state index contributed by atoms with van der Waals surface area (Å²) in [5.74, 6) is 0.0341. The molecule has 0 radical (unpaired) electrons. The molecule has 84 valence electrons. The fraction of sp³-hybridized carbons (Fsp3) is 0.143. The van der Waals surface area contributed by atoms with E-state index in [1.54, 1.807) is 17.2 Å². The number of amides is 1. The van der Waals surface area contributed by atoms with Crippen molar-refractivity contribution in [2.75, 3.05) is 4.90 Å². The second-order valence-corrected chi connectivity index (χ2v) is 4.12. The molecule has 3 rings (SSSR count). The third-order valence-corrected chi connectivity index (χ3v) is 3.11. The van der Waals surface area contributed by atoms with Gasteiger partial charge in [0.25, 0.3) is 5.91 Å². The quantitative estimate of drug-likeness (QED) is 0.746. The lowest BCUT2D eigenvalue weighted by Crippen LogP contribution is -2.26. The van der Waals surface area contributed by atoms with E-state index in [0.29, 0.717) is 5.56 Å². The normalized spacial score (nSPS) is 18.3. The van der Waals surface area contributed by atoms with Gasteiger partial charge in [-0.15, -0.1) is 0 Å². The van der Waals surface area contributed by atoms with E-state index in [2.05, 4.69) is 4.98 Å². The largest absolute Gasteiger partial charge is 0.300 e. The van der Waals surface area contributed by atoms with Gasteiger partial charge in [-0.25, -0.2) is 0 Å². The second kappa shape index (κ2) is 3.70. The van der Waals surface area contributed by atoms with E-state index in [1.807, 2.05) is 43.3 Å². The van der Waals surface area contributed by atoms with E-state index in [9.17, 15) is 4.79 Å². The van der Waals surface area contributed by atoms with Crippen LogP contribution in [0.25, 0.3) is 0 Å². The molecule has 0 spiro atoms. The molecular formula is C14H12N2O. The summed E-state index contributed by atoms with van der Waals surface area (Å²) >= 11 is 0. The summed E-state index contributed by atoms with van der Waals surface area (Å²) in [6.07, 6.45) is 1.73. The van der Waals surface area contributed by atoms with Crippen LogP contribution in [0, 0.1) is 0 Å². The summed E-state index contributed by atoms with van der Waals surface area (Å²) in [7, 11) is 0. The first kappa shape index (κ1) is 10.0. The Bertz CT molecular complexity index is 565. The topological polar surface area (TPSA) is 33.2 Å². The molecule has 1 aromatic heterocycles. The van der Waals surface area contributed by atoms with Gasteiger partial charge in [0, 0.05) is 11.9 Å². The summed E-state index contributed by atoms with van der Waals surface area (Å²) in [6, 6.07) is 13.3. The van der Waals surface area contributed by atoms with Crippen LogP contribution in [0.4, 0.5) is 5.69 Å². The van der Waals surface area contributed by atoms with Crippen molar-refractivity contribution in [3.8, 4) is 0 Å². The summed E-state index contributed by atoms with van der Waals surface area (Å²) in [5, 5.41) is 0. The summed E-state index contributed by atoms with van der Waals surface area (Å²) in [6.45, 7) is 2.00. The summed E-state index contributed by atoms with van der Waals surface area (Å²) in [4.78, 5) is 18.4. The second-order valence-electron chi connectivity index (χ2n) is 4.12. The van der Waals surface area contributed by atoms with Crippen molar-refractivity contribution in [2.45, 2.75) is 13.0 Å². The first-order valence-electron chi connectivity index (χ1n) is 5.62. The molecule has 0 saturated carbocycles. The first-order chi connectivity index (χ1) is 8.29. The molecule has 0 fully saturated rings. The lowest BCUT2D eigenvalue weighted by Gasteiger charge is -2.21. The monoisotopic (exact) mass is 224 g/mol. The SMILES string of the molecule is CC1c2ncccc2C(=O)N1c1ccccc1. The highest BCUT2D eigenvalue weighted by Crippen LogP contribution is 2.35. The molecule has 2 heterocycles. The van der Waals surface area contributed by atoms with Gasteiger partial charge in [-0.05, 0) is 31.2 Å². The Morgan fingerprint density at radius 2 is 1.88 bits per heavy atom. The molecule has 1 atom stereocenters. The third-order valence-electron chi connectivity index (χ3n) is 3.11. The standard InChI is InChI=1S/C14H12N2O/c1-10-13-12(8-5-9-15-13)14(17)16(10)11-6-3-2-4-7-11/h2-10H,1H3. The minimum absolute atomic E-state index is 0.00102. The zero-order valence-corrected chi connectivity index (χ0v) is 9.50. The number of pyridine rings is 1. The summed E-state index contributed by atoms with van der Waals surface area (Å²) in [5.41, 5.74) is 2.49. The van der Waals surface area contributed by atoms with Crippen LogP contribution in [0.5, 0.6) is 0 Å². The number of rotatable bonds is 1. The van der Waals surface area contributed by atoms with Gasteiger partial charge in [-0.3, -0.25) is 14.7 Å². The maximum absolute atomic E-state index is 12.3. The molecule has 1 amide bonds. The van der Waals surface area contributed by atoms with Crippen molar-refractivity contribution >= 4 is 11.6 Å². The maximum atomic E-state index is 12.3. The van der Waals surface area contributed by atoms with Crippen LogP contribution in [-0.2, 0) is 0 Å². The molecular weight excluding hydrogens is 212 g/mol. The number of carbonyl (C=O) groups excluding carboxylic acids is 1. The molecule has 1 aliphatic rings. The van der Waals surface area contributed by atoms with E-state index in [4.69, 9.17) is 0 Å². The molecule has 1 aliphatic heterocycles. The van der Waals surface area contributed by atoms with E-state index < -0.39 is 0 Å². The number of para-hydroxylation sites is 1. The van der Waals surface area contributed by atoms with Crippen LogP contribution in [0.3, 0.4) is 0 Å². The van der Waals surface area contributed by atoms with Crippen molar-refractivity contribution in [2.24, 2.45) is 0 Å². The van der Waals surface area contributed by atoms with Gasteiger partial charge < -0.3 is 0 Å². The lowest BCUT2D eigenvalue weighted by molar-refractivity contribution is 0.0992. The van der Waals surface area contributed by atoms with E-state index in [1.165, 1.54) is 0 Å². The molecule has 0 aliphatic carbocycles. The van der Waals surface area contributed by atoms with Gasteiger partial charge in [0.15, 0.2) is 0 Å². The van der Waals surface area contributed by atoms with Crippen molar-refractivity contribution < 1.29 is 4.79 Å². The summed E-state index contributed by atoms with van der Waals surface area (Å²) < 4.78 is 0. The molecule has 2 aromatic rings. The average molecular weight is 224 g/mol. The Balaban J connectivity index is 2.10. The molecule has 1 unspecified atom stereocenters. The zero-order chi connectivity index (χ0) is 11.8. The molecule has 0 saturated heterocycles. The van der Waals surface area contributed by atoms with Crippen LogP contribution in [0.2, 0.25) is 0 Å². The van der Waals surface area contributed by atoms with E-state index in [-0.39, 0.29) is 11.9 Å². The number of hydrogen-bond acceptors (Lipinski definition) is 2. The number of benzene rings is 1. The maximum Gasteiger partial charge on any atom is 0.260 e. The highest BCUT2D eigenvalue weighted by Gasteiger charge is 2.35. The minimum Gasteiger partial charge on any atom is -0.300 e. The highest BCUT2D eigenvalue weighted by molar-refractivity contribution is 6.10. The predicted molar refractivity (Wildman–Crippen MR) is 65.9 cm³/mol. The van der Waals surface area contributed by atoms with Gasteiger partial charge in [0.1, 0.15) is 0 Å². The Morgan fingerprint density at radius 1 is 1.12 bits per heavy atom. The van der Waals surface area contributed by atoms with Gasteiger partial charge >= 0.3 is 0 Å². The number of hydrogen-bond donors (Lipinski definition) is 0. The fourth-order valence-corrected chi connectivity index (χ4v) is 2.29. The van der Waals surface area contributed by atoms with Crippen LogP contribution in [0.15, 0.2) is 48.7 Å². The van der Waals surface area contributed by atoms with Gasteiger partial charge in [0.05, 0.1) is 17.3 Å². The van der Waals surface area contributed by atoms with E-state index in [0.717, 1.165) is 11.4 Å². The highest BCUT2D eigenvalue weighted by atomic mass is 16.2. The molecule has 0 bridgehead atoms. The Kier molecular flexibility index (Phi) is 2.18. The van der Waals surface area contributed by atoms with Gasteiger partial charge in [-0.1, -0.05) is 18.2 Å². The number of carbonyl (C=O) groups is 1. The number of nitrogens with zero attached hydrogens (tertiary/aromatic N) is 2. The molecule has 17 heavy (non-hydrogen) atoms. The van der Waals surface area contributed by atoms with Crippen molar-refractivity contribution in [3.63, 3.8) is 0 Å². The number of anilines is 1. The Hall–Kier alpha value is -2.16. The van der Waals surface area contributed by atoms with Crippen molar-refractivity contribution in [3.05, 3.63) is 59.9 Å². The van der Waals surface area contributed by atoms with Crippen molar-refractivity contribution in [1.82, 2.24) is 4.98 Å². The van der Waals surface area contributed by atoms with Gasteiger partial charge in [0.2, 0.25) is 0 Å². The molecule has 3 nitrogen and oxygen atoms in total. The van der Waals surface area contributed by atoms with Crippen LogP contribution in [0.1, 0.15) is 29.0 Å². The minimum atomic E-state index is 0.00102. The molecule has 0 N–H and O–H groups in total. The van der Waals surface area contributed by atoms with Crippen LogP contribution < -0.4 is 4.90 Å². The molecule has 3 heteroatoms. The predicted octanol–water partition coefficient (Wildman–Crippen LogP) is 2.80. The molecule has 1 aromatic carbocycles. The number of aromatic nitrogens is 1. The van der Waals surface area contributed by atoms with Crippen molar-refractivity contribution in [1.29, 1.82) is 0 Å². The Morgan fingerprint density at radius 3 is 2.59 bits per heavy atom. The van der Waals surface area contributed by atoms with E-state index >= 15 is 0 Å². The Labute approximate surface area is 99.7 Å². The smallest absolute Gasteiger partial charge is 0.260 e. The number of fused-ring (bicyclic) bond motifs is 1. The first-order valence-corrected chi connectivity index (χ1v) is 5.62. The third kappa shape index (κ3) is 1.43. The zero-order valence-electron chi connectivity index (χ0n) is 9.50. The van der Waals surface area contributed by atoms with Crippen LogP contribution in [-0.4, -0.2) is 10.9 Å².